The van der Waals surface area contributed by atoms with Crippen molar-refractivity contribution >= 4 is 5.78 Å². The van der Waals surface area contributed by atoms with Crippen LogP contribution >= 0.6 is 0 Å². The van der Waals surface area contributed by atoms with Crippen molar-refractivity contribution in [2.24, 2.45) is 0 Å². The number of ketones is 1. The Kier molecular flexibility index (Phi) is 1.52. The molecule has 1 nitrogen and oxygen atoms in total. The van der Waals surface area contributed by atoms with Crippen LogP contribution in [0.25, 0.3) is 0 Å². The van der Waals surface area contributed by atoms with Crippen molar-refractivity contribution in [2.75, 3.05) is 0 Å². The van der Waals surface area contributed by atoms with E-state index in [0.717, 1.165) is 0 Å². The van der Waals surface area contributed by atoms with Gasteiger partial charge < -0.3 is 0 Å². The summed E-state index contributed by atoms with van der Waals surface area (Å²) >= 11 is 0. The van der Waals surface area contributed by atoms with Crippen molar-refractivity contribution in [1.29, 1.82) is 0 Å². The monoisotopic (exact) mass is 122 g/mol. The molecule has 0 aromatic carbocycles. The Morgan fingerprint density at radius 2 is 2.11 bits per heavy atom. The Bertz CT molecular complexity index is 193. The van der Waals surface area contributed by atoms with Crippen molar-refractivity contribution in [2.45, 2.75) is 20.3 Å². The van der Waals surface area contributed by atoms with E-state index in [9.17, 15) is 4.79 Å². The molecule has 1 heteroatoms. The zero-order valence-electron chi connectivity index (χ0n) is 5.77. The molecule has 0 heterocycles. The molecule has 0 radical (unpaired) electrons. The molecular formula is C8H10O. The lowest BCUT2D eigenvalue weighted by atomic mass is 10.1. The van der Waals surface area contributed by atoms with Crippen molar-refractivity contribution < 1.29 is 4.79 Å². The molecule has 0 amide bonds. The molecule has 0 spiro atoms. The lowest BCUT2D eigenvalue weighted by Gasteiger charge is -1.92. The van der Waals surface area contributed by atoms with E-state index in [0.29, 0.717) is 6.42 Å². The van der Waals surface area contributed by atoms with Crippen molar-refractivity contribution in [3.05, 3.63) is 23.3 Å². The predicted molar refractivity (Wildman–Crippen MR) is 37.1 cm³/mol. The molecule has 0 bridgehead atoms. The van der Waals surface area contributed by atoms with E-state index >= 15 is 0 Å². The van der Waals surface area contributed by atoms with Gasteiger partial charge in [-0.05, 0) is 25.5 Å². The molecule has 0 fully saturated rings. The zero-order valence-corrected chi connectivity index (χ0v) is 5.77. The highest BCUT2D eigenvalue weighted by Crippen LogP contribution is 2.16. The van der Waals surface area contributed by atoms with Crippen LogP contribution in [0, 0.1) is 0 Å². The molecule has 1 aliphatic rings. The van der Waals surface area contributed by atoms with E-state index in [1.165, 1.54) is 11.1 Å². The Morgan fingerprint density at radius 1 is 1.44 bits per heavy atom. The van der Waals surface area contributed by atoms with Gasteiger partial charge in [0.15, 0.2) is 5.78 Å². The van der Waals surface area contributed by atoms with Gasteiger partial charge in [-0.2, -0.15) is 0 Å². The first-order valence-electron chi connectivity index (χ1n) is 3.07. The van der Waals surface area contributed by atoms with Crippen LogP contribution in [0.15, 0.2) is 23.3 Å². The third kappa shape index (κ3) is 1.28. The Morgan fingerprint density at radius 3 is 2.33 bits per heavy atom. The van der Waals surface area contributed by atoms with Crippen LogP contribution in [0.4, 0.5) is 0 Å². The van der Waals surface area contributed by atoms with Gasteiger partial charge in [0.1, 0.15) is 0 Å². The van der Waals surface area contributed by atoms with Crippen LogP contribution in [-0.2, 0) is 4.79 Å². The molecule has 0 aromatic rings. The van der Waals surface area contributed by atoms with Crippen LogP contribution in [-0.4, -0.2) is 5.78 Å². The minimum Gasteiger partial charge on any atom is -0.294 e. The molecule has 0 N–H and O–H groups in total. The molecule has 0 aromatic heterocycles. The number of carbonyl (C=O) groups excluding carboxylic acids is 1. The summed E-state index contributed by atoms with van der Waals surface area (Å²) in [6, 6.07) is 0. The van der Waals surface area contributed by atoms with Crippen LogP contribution in [0.5, 0.6) is 0 Å². The van der Waals surface area contributed by atoms with Gasteiger partial charge in [0.2, 0.25) is 0 Å². The number of hydrogen-bond acceptors (Lipinski definition) is 1. The summed E-state index contributed by atoms with van der Waals surface area (Å²) in [6.45, 7) is 4.05. The third-order valence-corrected chi connectivity index (χ3v) is 1.48. The molecule has 0 unspecified atom stereocenters. The van der Waals surface area contributed by atoms with Gasteiger partial charge >= 0.3 is 0 Å². The van der Waals surface area contributed by atoms with Crippen molar-refractivity contribution in [3.63, 3.8) is 0 Å². The summed E-state index contributed by atoms with van der Waals surface area (Å²) in [7, 11) is 0. The summed E-state index contributed by atoms with van der Waals surface area (Å²) in [4.78, 5) is 10.6. The average Bonchev–Trinajstić information content (AvgIpc) is 2.14. The van der Waals surface area contributed by atoms with Crippen LogP contribution in [0.1, 0.15) is 20.3 Å². The molecule has 0 saturated carbocycles. The molecule has 0 saturated heterocycles. The lowest BCUT2D eigenvalue weighted by molar-refractivity contribution is -0.113. The van der Waals surface area contributed by atoms with E-state index in [-0.39, 0.29) is 5.78 Å². The molecule has 9 heavy (non-hydrogen) atoms. The van der Waals surface area contributed by atoms with Gasteiger partial charge in [0, 0.05) is 6.42 Å². The van der Waals surface area contributed by atoms with Crippen LogP contribution in [0.3, 0.4) is 0 Å². The first kappa shape index (κ1) is 6.27. The maximum atomic E-state index is 10.6. The first-order chi connectivity index (χ1) is 4.20. The van der Waals surface area contributed by atoms with Gasteiger partial charge in [0.05, 0.1) is 0 Å². The minimum atomic E-state index is 0.228. The fourth-order valence-corrected chi connectivity index (χ4v) is 0.843. The van der Waals surface area contributed by atoms with E-state index < -0.39 is 0 Å². The fraction of sp³-hybridized carbons (Fsp3) is 0.375. The molecule has 1 aliphatic carbocycles. The van der Waals surface area contributed by atoms with Crippen molar-refractivity contribution in [3.8, 4) is 0 Å². The average molecular weight is 122 g/mol. The lowest BCUT2D eigenvalue weighted by Crippen LogP contribution is -1.85. The maximum Gasteiger partial charge on any atom is 0.160 e. The SMILES string of the molecule is CC(C)=C1C=CC(=O)C1. The summed E-state index contributed by atoms with van der Waals surface area (Å²) < 4.78 is 0. The van der Waals surface area contributed by atoms with E-state index in [1.807, 2.05) is 19.9 Å². The highest BCUT2D eigenvalue weighted by molar-refractivity contribution is 5.95. The van der Waals surface area contributed by atoms with Gasteiger partial charge in [0.25, 0.3) is 0 Å². The van der Waals surface area contributed by atoms with E-state index in [2.05, 4.69) is 0 Å². The second kappa shape index (κ2) is 2.18. The highest BCUT2D eigenvalue weighted by Gasteiger charge is 2.07. The smallest absolute Gasteiger partial charge is 0.160 e. The van der Waals surface area contributed by atoms with Crippen LogP contribution < -0.4 is 0 Å². The fourth-order valence-electron chi connectivity index (χ4n) is 0.843. The second-order valence-corrected chi connectivity index (χ2v) is 2.50. The molecule has 48 valence electrons. The normalized spacial score (nSPS) is 17.1. The predicted octanol–water partition coefficient (Wildman–Crippen LogP) is 1.85. The molecule has 0 atom stereocenters. The molecule has 1 rings (SSSR count). The number of hydrogen-bond donors (Lipinski definition) is 0. The summed E-state index contributed by atoms with van der Waals surface area (Å²) in [5, 5.41) is 0. The minimum absolute atomic E-state index is 0.228. The quantitative estimate of drug-likeness (QED) is 0.479. The Hall–Kier alpha value is -0.850. The molecular weight excluding hydrogens is 112 g/mol. The van der Waals surface area contributed by atoms with E-state index in [1.54, 1.807) is 6.08 Å². The maximum absolute atomic E-state index is 10.6. The summed E-state index contributed by atoms with van der Waals surface area (Å²) in [6.07, 6.45) is 4.16. The first-order valence-corrected chi connectivity index (χ1v) is 3.07. The van der Waals surface area contributed by atoms with Gasteiger partial charge in [-0.25, -0.2) is 0 Å². The largest absolute Gasteiger partial charge is 0.294 e. The standard InChI is InChI=1S/C8H10O/c1-6(2)7-3-4-8(9)5-7/h3-4H,5H2,1-2H3. The van der Waals surface area contributed by atoms with E-state index in [4.69, 9.17) is 0 Å². The Labute approximate surface area is 55.1 Å². The summed E-state index contributed by atoms with van der Waals surface area (Å²) in [5.74, 6) is 0.228. The van der Waals surface area contributed by atoms with Gasteiger partial charge in [-0.1, -0.05) is 11.6 Å². The van der Waals surface area contributed by atoms with Gasteiger partial charge in [-0.15, -0.1) is 0 Å². The van der Waals surface area contributed by atoms with Gasteiger partial charge in [-0.3, -0.25) is 4.79 Å². The zero-order chi connectivity index (χ0) is 6.85. The number of rotatable bonds is 0. The van der Waals surface area contributed by atoms with Crippen LogP contribution in [0.2, 0.25) is 0 Å². The summed E-state index contributed by atoms with van der Waals surface area (Å²) in [5.41, 5.74) is 2.43. The Balaban J connectivity index is 2.83. The highest BCUT2D eigenvalue weighted by atomic mass is 16.1. The number of carbonyl (C=O) groups is 1. The number of allylic oxidation sites excluding steroid dienone is 4. The second-order valence-electron chi connectivity index (χ2n) is 2.50. The third-order valence-electron chi connectivity index (χ3n) is 1.48. The van der Waals surface area contributed by atoms with Crippen molar-refractivity contribution in [1.82, 2.24) is 0 Å². The molecule has 0 aliphatic heterocycles. The topological polar surface area (TPSA) is 17.1 Å².